The minimum absolute atomic E-state index is 0.0599. The van der Waals surface area contributed by atoms with Gasteiger partial charge in [0.2, 0.25) is 0 Å². The second kappa shape index (κ2) is 9.21. The van der Waals surface area contributed by atoms with E-state index in [1.54, 1.807) is 18.6 Å². The molecule has 34 heavy (non-hydrogen) atoms. The molecule has 3 heterocycles. The Labute approximate surface area is 198 Å². The van der Waals surface area contributed by atoms with Crippen molar-refractivity contribution in [1.82, 2.24) is 15.0 Å². The summed E-state index contributed by atoms with van der Waals surface area (Å²) in [7, 11) is 0. The zero-order valence-electron chi connectivity index (χ0n) is 18.9. The van der Waals surface area contributed by atoms with Crippen LogP contribution in [0.1, 0.15) is 59.8 Å². The van der Waals surface area contributed by atoms with E-state index in [0.717, 1.165) is 36.0 Å². The zero-order valence-corrected chi connectivity index (χ0v) is 18.9. The van der Waals surface area contributed by atoms with Crippen molar-refractivity contribution in [3.63, 3.8) is 0 Å². The van der Waals surface area contributed by atoms with E-state index in [0.29, 0.717) is 18.5 Å². The first-order valence-electron chi connectivity index (χ1n) is 11.7. The van der Waals surface area contributed by atoms with Gasteiger partial charge in [-0.15, -0.1) is 0 Å². The van der Waals surface area contributed by atoms with E-state index in [-0.39, 0.29) is 35.9 Å². The molecule has 5 rings (SSSR count). The van der Waals surface area contributed by atoms with E-state index < -0.39 is 11.6 Å². The molecule has 0 spiro atoms. The molecule has 0 bridgehead atoms. The van der Waals surface area contributed by atoms with Gasteiger partial charge in [0.25, 0.3) is 0 Å². The topological polar surface area (TPSA) is 137 Å². The number of anilines is 1. The largest absolute Gasteiger partial charge is 0.386 e. The summed E-state index contributed by atoms with van der Waals surface area (Å²) in [6.07, 6.45) is 8.23. The van der Waals surface area contributed by atoms with Crippen molar-refractivity contribution in [2.75, 3.05) is 5.73 Å². The number of rotatable bonds is 5. The summed E-state index contributed by atoms with van der Waals surface area (Å²) >= 11 is 0. The number of nitrogens with zero attached hydrogens (tertiary/aromatic N) is 3. The fraction of sp³-hybridized carbons (Fsp3) is 0.385. The van der Waals surface area contributed by atoms with Crippen LogP contribution in [0.3, 0.4) is 0 Å². The van der Waals surface area contributed by atoms with Gasteiger partial charge in [-0.3, -0.25) is 9.78 Å². The maximum absolute atomic E-state index is 13.3. The molecule has 1 saturated carbocycles. The van der Waals surface area contributed by atoms with E-state index in [1.165, 1.54) is 0 Å². The second-order valence-electron chi connectivity index (χ2n) is 9.22. The number of Topliss-reactive ketones (excluding diaryl/α,β-unsaturated/α-hetero) is 1. The number of nitrogens with two attached hydrogens (primary N) is 2. The highest BCUT2D eigenvalue weighted by atomic mass is 16.5. The Hall–Kier alpha value is -3.20. The molecule has 1 aliphatic heterocycles. The number of benzene rings is 1. The first-order valence-corrected chi connectivity index (χ1v) is 11.7. The monoisotopic (exact) mass is 459 g/mol. The minimum Gasteiger partial charge on any atom is -0.386 e. The molecule has 0 radical (unpaired) electrons. The summed E-state index contributed by atoms with van der Waals surface area (Å²) in [5.41, 5.74) is 14.7. The average Bonchev–Trinajstić information content (AvgIpc) is 2.85. The lowest BCUT2D eigenvalue weighted by Gasteiger charge is -2.49. The molecule has 2 aromatic heterocycles. The Bertz CT molecular complexity index is 1190. The maximum atomic E-state index is 13.3. The van der Waals surface area contributed by atoms with Crippen LogP contribution in [0.2, 0.25) is 0 Å². The lowest BCUT2D eigenvalue weighted by Crippen LogP contribution is -2.62. The number of carbonyl (C=O) groups is 1. The van der Waals surface area contributed by atoms with Crippen LogP contribution < -0.4 is 11.5 Å². The second-order valence-corrected chi connectivity index (χ2v) is 9.22. The predicted molar refractivity (Wildman–Crippen MR) is 128 cm³/mol. The first-order chi connectivity index (χ1) is 16.5. The predicted octanol–water partition coefficient (Wildman–Crippen LogP) is 3.01. The summed E-state index contributed by atoms with van der Waals surface area (Å²) in [4.78, 5) is 26.2. The SMILES string of the molecule is Nc1ncc(-c2ccccc2)nc1C(=O)Cc1cnccc1[C@H]1C[C@@H](N)[C@@]2(O)CCCC[C@H]2O1. The lowest BCUT2D eigenvalue weighted by atomic mass is 9.73. The van der Waals surface area contributed by atoms with Crippen LogP contribution in [-0.4, -0.2) is 43.6 Å². The molecular weight excluding hydrogens is 430 g/mol. The van der Waals surface area contributed by atoms with Gasteiger partial charge in [-0.25, -0.2) is 9.97 Å². The van der Waals surface area contributed by atoms with Gasteiger partial charge in [-0.2, -0.15) is 0 Å². The Morgan fingerprint density at radius 1 is 1.18 bits per heavy atom. The van der Waals surface area contributed by atoms with Crippen LogP contribution in [-0.2, 0) is 11.2 Å². The molecule has 8 nitrogen and oxygen atoms in total. The third-order valence-corrected chi connectivity index (χ3v) is 7.06. The molecule has 1 aliphatic carbocycles. The van der Waals surface area contributed by atoms with Crippen LogP contribution in [0.4, 0.5) is 5.82 Å². The Balaban J connectivity index is 1.40. The number of nitrogen functional groups attached to an aromatic ring is 1. The van der Waals surface area contributed by atoms with Gasteiger partial charge in [0.1, 0.15) is 11.3 Å². The van der Waals surface area contributed by atoms with Gasteiger partial charge < -0.3 is 21.3 Å². The molecule has 0 amide bonds. The number of hydrogen-bond acceptors (Lipinski definition) is 8. The van der Waals surface area contributed by atoms with Gasteiger partial charge in [0.15, 0.2) is 11.6 Å². The Morgan fingerprint density at radius 2 is 2.00 bits per heavy atom. The fourth-order valence-corrected chi connectivity index (χ4v) is 5.16. The Morgan fingerprint density at radius 3 is 2.82 bits per heavy atom. The minimum atomic E-state index is -0.986. The number of carbonyl (C=O) groups excluding carboxylic acids is 1. The molecule has 8 heteroatoms. The first kappa shape index (κ1) is 22.6. The molecule has 0 unspecified atom stereocenters. The van der Waals surface area contributed by atoms with Crippen LogP contribution in [0.15, 0.2) is 55.0 Å². The van der Waals surface area contributed by atoms with Crippen LogP contribution >= 0.6 is 0 Å². The van der Waals surface area contributed by atoms with E-state index in [2.05, 4.69) is 15.0 Å². The summed E-state index contributed by atoms with van der Waals surface area (Å²) in [5, 5.41) is 11.1. The number of aliphatic hydroxyl groups is 1. The van der Waals surface area contributed by atoms with E-state index in [4.69, 9.17) is 16.2 Å². The van der Waals surface area contributed by atoms with E-state index in [9.17, 15) is 9.90 Å². The molecule has 3 aromatic rings. The number of ether oxygens (including phenoxy) is 1. The third kappa shape index (κ3) is 4.20. The maximum Gasteiger partial charge on any atom is 0.189 e. The van der Waals surface area contributed by atoms with Crippen LogP contribution in [0.5, 0.6) is 0 Å². The molecule has 2 fully saturated rings. The summed E-state index contributed by atoms with van der Waals surface area (Å²) < 4.78 is 6.36. The smallest absolute Gasteiger partial charge is 0.189 e. The summed E-state index contributed by atoms with van der Waals surface area (Å²) in [6, 6.07) is 11.0. The lowest BCUT2D eigenvalue weighted by molar-refractivity contribution is -0.202. The van der Waals surface area contributed by atoms with Crippen molar-refractivity contribution in [3.8, 4) is 11.3 Å². The van der Waals surface area contributed by atoms with Gasteiger partial charge >= 0.3 is 0 Å². The molecule has 5 N–H and O–H groups in total. The van der Waals surface area contributed by atoms with Crippen LogP contribution in [0.25, 0.3) is 11.3 Å². The summed E-state index contributed by atoms with van der Waals surface area (Å²) in [6.45, 7) is 0. The van der Waals surface area contributed by atoms with Gasteiger partial charge in [-0.05, 0) is 36.5 Å². The quantitative estimate of drug-likeness (QED) is 0.495. The van der Waals surface area contributed by atoms with Gasteiger partial charge in [-0.1, -0.05) is 43.2 Å². The highest BCUT2D eigenvalue weighted by molar-refractivity contribution is 5.99. The molecule has 176 valence electrons. The van der Waals surface area contributed by atoms with E-state index >= 15 is 0 Å². The average molecular weight is 460 g/mol. The molecular formula is C26H29N5O3. The zero-order chi connectivity index (χ0) is 23.7. The summed E-state index contributed by atoms with van der Waals surface area (Å²) in [5.74, 6) is -0.148. The number of hydrogen-bond donors (Lipinski definition) is 3. The normalized spacial score (nSPS) is 26.6. The standard InChI is InChI=1S/C26H29N5O3/c27-22-13-21(34-23-8-4-5-10-26(22,23)33)18-9-11-29-14-17(18)12-20(32)24-25(28)30-15-19(31-24)16-6-2-1-3-7-16/h1-3,6-7,9,11,14-15,21-23,33H,4-5,8,10,12-13,27H2,(H2,28,30)/t21-,22-,23-,26+/m1/s1. The highest BCUT2D eigenvalue weighted by Crippen LogP contribution is 2.43. The highest BCUT2D eigenvalue weighted by Gasteiger charge is 2.50. The molecule has 2 aliphatic rings. The van der Waals surface area contributed by atoms with E-state index in [1.807, 2.05) is 36.4 Å². The Kier molecular flexibility index (Phi) is 6.12. The van der Waals surface area contributed by atoms with Crippen LogP contribution in [0, 0.1) is 0 Å². The van der Waals surface area contributed by atoms with Crippen molar-refractivity contribution in [1.29, 1.82) is 0 Å². The molecule has 1 saturated heterocycles. The number of ketones is 1. The van der Waals surface area contributed by atoms with Crippen molar-refractivity contribution in [2.24, 2.45) is 5.73 Å². The fourth-order valence-electron chi connectivity index (χ4n) is 5.16. The van der Waals surface area contributed by atoms with Gasteiger partial charge in [0.05, 0.1) is 24.1 Å². The van der Waals surface area contributed by atoms with Crippen molar-refractivity contribution >= 4 is 11.6 Å². The van der Waals surface area contributed by atoms with Gasteiger partial charge in [0, 0.05) is 30.4 Å². The molecule has 4 atom stereocenters. The number of aromatic nitrogens is 3. The van der Waals surface area contributed by atoms with Crippen molar-refractivity contribution < 1.29 is 14.6 Å². The van der Waals surface area contributed by atoms with Crippen molar-refractivity contribution in [3.05, 3.63) is 71.8 Å². The number of pyridine rings is 1. The van der Waals surface area contributed by atoms with Crippen molar-refractivity contribution in [2.45, 2.75) is 62.4 Å². The molecule has 1 aromatic carbocycles. The third-order valence-electron chi connectivity index (χ3n) is 7.06. The number of fused-ring (bicyclic) bond motifs is 1.